The van der Waals surface area contributed by atoms with Crippen LogP contribution in [0.25, 0.3) is 32.2 Å². The first-order chi connectivity index (χ1) is 14.2. The van der Waals surface area contributed by atoms with Gasteiger partial charge in [-0.3, -0.25) is 0 Å². The van der Waals surface area contributed by atoms with Crippen molar-refractivity contribution < 1.29 is 17.7 Å². The number of imidazole rings is 1. The van der Waals surface area contributed by atoms with E-state index < -0.39 is 23.0 Å². The lowest BCUT2D eigenvalue weighted by molar-refractivity contribution is -0.141. The van der Waals surface area contributed by atoms with E-state index in [0.717, 1.165) is 16.5 Å². The fourth-order valence-electron chi connectivity index (χ4n) is 3.06. The number of benzene rings is 1. The molecule has 10 heteroatoms. The highest BCUT2D eigenvalue weighted by molar-refractivity contribution is 7.91. The highest BCUT2D eigenvalue weighted by Gasteiger charge is 2.33. The standard InChI is InChI=1S/C20H15ClF3N3OS2/c1-3-30(28)16-9-15(11-4-6-12(21)7-5-11)29-18(16)19-26-13-8-17(20(22,23)24)25-10-14(13)27(19)2/h4-10H,3H2,1-2H3. The molecule has 0 aliphatic heterocycles. The van der Waals surface area contributed by atoms with Crippen LogP contribution in [0.15, 0.2) is 47.5 Å². The molecule has 30 heavy (non-hydrogen) atoms. The number of aromatic nitrogens is 3. The smallest absolute Gasteiger partial charge is 0.433 e. The predicted molar refractivity (Wildman–Crippen MR) is 114 cm³/mol. The van der Waals surface area contributed by atoms with Gasteiger partial charge in [-0.15, -0.1) is 11.3 Å². The van der Waals surface area contributed by atoms with Gasteiger partial charge in [-0.2, -0.15) is 13.2 Å². The Morgan fingerprint density at radius 2 is 1.90 bits per heavy atom. The minimum Gasteiger partial charge on any atom is -0.611 e. The molecule has 0 aliphatic carbocycles. The van der Waals surface area contributed by atoms with Gasteiger partial charge in [0.2, 0.25) is 0 Å². The van der Waals surface area contributed by atoms with E-state index in [-0.39, 0.29) is 5.52 Å². The van der Waals surface area contributed by atoms with Crippen molar-refractivity contribution in [3.63, 3.8) is 0 Å². The van der Waals surface area contributed by atoms with E-state index in [1.807, 2.05) is 25.1 Å². The van der Waals surface area contributed by atoms with Crippen molar-refractivity contribution in [2.45, 2.75) is 18.0 Å². The molecular weight excluding hydrogens is 455 g/mol. The second kappa shape index (κ2) is 7.88. The van der Waals surface area contributed by atoms with E-state index in [2.05, 4.69) is 9.97 Å². The van der Waals surface area contributed by atoms with Gasteiger partial charge in [0.05, 0.1) is 17.2 Å². The number of halogens is 4. The number of alkyl halides is 3. The Balaban J connectivity index is 1.89. The predicted octanol–water partition coefficient (Wildman–Crippen LogP) is 6.16. The molecule has 1 aromatic carbocycles. The van der Waals surface area contributed by atoms with E-state index in [0.29, 0.717) is 31.9 Å². The zero-order chi connectivity index (χ0) is 21.6. The van der Waals surface area contributed by atoms with Gasteiger partial charge in [0.25, 0.3) is 0 Å². The molecule has 0 saturated heterocycles. The van der Waals surface area contributed by atoms with E-state index in [4.69, 9.17) is 11.6 Å². The molecule has 4 nitrogen and oxygen atoms in total. The summed E-state index contributed by atoms with van der Waals surface area (Å²) in [6.45, 7) is 1.81. The lowest BCUT2D eigenvalue weighted by atomic mass is 10.2. The van der Waals surface area contributed by atoms with Gasteiger partial charge in [-0.05, 0) is 41.9 Å². The zero-order valence-electron chi connectivity index (χ0n) is 15.8. The molecule has 0 bridgehead atoms. The number of hydrogen-bond donors (Lipinski definition) is 0. The molecule has 0 fully saturated rings. The van der Waals surface area contributed by atoms with Crippen LogP contribution in [0.5, 0.6) is 0 Å². The number of aryl methyl sites for hydroxylation is 1. The van der Waals surface area contributed by atoms with Gasteiger partial charge in [-0.1, -0.05) is 23.7 Å². The molecule has 3 heterocycles. The molecule has 0 N–H and O–H groups in total. The maximum atomic E-state index is 13.0. The highest BCUT2D eigenvalue weighted by atomic mass is 35.5. The summed E-state index contributed by atoms with van der Waals surface area (Å²) in [6.07, 6.45) is -3.38. The average molecular weight is 470 g/mol. The lowest BCUT2D eigenvalue weighted by Gasteiger charge is -2.08. The summed E-state index contributed by atoms with van der Waals surface area (Å²) in [6, 6.07) is 10.1. The minimum atomic E-state index is -4.55. The Hall–Kier alpha value is -2.07. The van der Waals surface area contributed by atoms with Gasteiger partial charge in [0, 0.05) is 23.0 Å². The van der Waals surface area contributed by atoms with Crippen molar-refractivity contribution in [1.82, 2.24) is 14.5 Å². The SMILES string of the molecule is CC[S+]([O-])c1cc(-c2ccc(Cl)cc2)sc1-c1nc2cc(C(F)(F)F)ncc2n1C. The topological polar surface area (TPSA) is 53.8 Å². The second-order valence-electron chi connectivity index (χ2n) is 6.50. The van der Waals surface area contributed by atoms with Crippen LogP contribution in [-0.4, -0.2) is 24.8 Å². The Kier molecular flexibility index (Phi) is 5.56. The van der Waals surface area contributed by atoms with Crippen LogP contribution in [0.1, 0.15) is 12.6 Å². The number of hydrogen-bond acceptors (Lipinski definition) is 4. The van der Waals surface area contributed by atoms with Gasteiger partial charge in [-0.25, -0.2) is 9.97 Å². The van der Waals surface area contributed by atoms with Crippen molar-refractivity contribution in [2.75, 3.05) is 5.75 Å². The van der Waals surface area contributed by atoms with Crippen LogP contribution in [0, 0.1) is 0 Å². The molecule has 0 aliphatic rings. The first kappa shape index (κ1) is 21.2. The molecule has 1 unspecified atom stereocenters. The maximum absolute atomic E-state index is 13.0. The quantitative estimate of drug-likeness (QED) is 0.336. The summed E-state index contributed by atoms with van der Waals surface area (Å²) >= 11 is 6.09. The molecule has 4 rings (SSSR count). The van der Waals surface area contributed by atoms with Crippen LogP contribution in [-0.2, 0) is 24.4 Å². The van der Waals surface area contributed by atoms with Crippen molar-refractivity contribution in [1.29, 1.82) is 0 Å². The van der Waals surface area contributed by atoms with Crippen LogP contribution in [0.4, 0.5) is 13.2 Å². The van der Waals surface area contributed by atoms with Crippen molar-refractivity contribution >= 4 is 45.1 Å². The Labute approximate surface area is 182 Å². The average Bonchev–Trinajstić information content (AvgIpc) is 3.28. The molecule has 3 aromatic heterocycles. The van der Waals surface area contributed by atoms with E-state index in [1.165, 1.54) is 17.5 Å². The maximum Gasteiger partial charge on any atom is 0.433 e. The summed E-state index contributed by atoms with van der Waals surface area (Å²) in [4.78, 5) is 10.1. The number of pyridine rings is 1. The van der Waals surface area contributed by atoms with Gasteiger partial charge in [0.1, 0.15) is 16.3 Å². The summed E-state index contributed by atoms with van der Waals surface area (Å²) in [5, 5.41) is 0.608. The summed E-state index contributed by atoms with van der Waals surface area (Å²) < 4.78 is 53.5. The zero-order valence-corrected chi connectivity index (χ0v) is 18.2. The molecule has 1 atom stereocenters. The Bertz CT molecular complexity index is 1220. The molecular formula is C20H15ClF3N3OS2. The third kappa shape index (κ3) is 3.82. The van der Waals surface area contributed by atoms with E-state index in [1.54, 1.807) is 23.7 Å². The lowest BCUT2D eigenvalue weighted by Crippen LogP contribution is -2.07. The molecule has 0 radical (unpaired) electrons. The van der Waals surface area contributed by atoms with Crippen LogP contribution < -0.4 is 0 Å². The molecule has 0 spiro atoms. The third-order valence-corrected chi connectivity index (χ3v) is 7.49. The first-order valence-corrected chi connectivity index (χ1v) is 11.4. The molecule has 0 saturated carbocycles. The summed E-state index contributed by atoms with van der Waals surface area (Å²) in [5.74, 6) is 0.862. The van der Waals surface area contributed by atoms with E-state index in [9.17, 15) is 17.7 Å². The monoisotopic (exact) mass is 469 g/mol. The van der Waals surface area contributed by atoms with Gasteiger partial charge < -0.3 is 9.12 Å². The highest BCUT2D eigenvalue weighted by Crippen LogP contribution is 2.41. The minimum absolute atomic E-state index is 0.185. The van der Waals surface area contributed by atoms with Gasteiger partial charge in [0.15, 0.2) is 10.7 Å². The fraction of sp³-hybridized carbons (Fsp3) is 0.200. The van der Waals surface area contributed by atoms with Crippen molar-refractivity contribution in [3.8, 4) is 21.1 Å². The Morgan fingerprint density at radius 3 is 2.53 bits per heavy atom. The third-order valence-electron chi connectivity index (χ3n) is 4.59. The molecule has 4 aromatic rings. The van der Waals surface area contributed by atoms with E-state index >= 15 is 0 Å². The fourth-order valence-corrected chi connectivity index (χ4v) is 5.60. The summed E-state index contributed by atoms with van der Waals surface area (Å²) in [5.41, 5.74) is 0.562. The largest absolute Gasteiger partial charge is 0.611 e. The normalized spacial score (nSPS) is 13.2. The van der Waals surface area contributed by atoms with Crippen molar-refractivity contribution in [3.05, 3.63) is 53.3 Å². The number of rotatable bonds is 4. The van der Waals surface area contributed by atoms with Crippen LogP contribution in [0.2, 0.25) is 5.02 Å². The number of fused-ring (bicyclic) bond motifs is 1. The van der Waals surface area contributed by atoms with Crippen LogP contribution in [0.3, 0.4) is 0 Å². The first-order valence-electron chi connectivity index (χ1n) is 8.87. The number of thiophene rings is 1. The number of nitrogens with zero attached hydrogens (tertiary/aromatic N) is 3. The molecule has 156 valence electrons. The van der Waals surface area contributed by atoms with Crippen molar-refractivity contribution in [2.24, 2.45) is 7.05 Å². The van der Waals surface area contributed by atoms with Crippen LogP contribution >= 0.6 is 22.9 Å². The second-order valence-corrected chi connectivity index (χ2v) is 9.69. The Morgan fingerprint density at radius 1 is 1.20 bits per heavy atom. The summed E-state index contributed by atoms with van der Waals surface area (Å²) in [7, 11) is 1.71. The molecule has 0 amide bonds. The van der Waals surface area contributed by atoms with Gasteiger partial charge >= 0.3 is 6.18 Å².